The summed E-state index contributed by atoms with van der Waals surface area (Å²) in [5, 5.41) is 4.10. The highest BCUT2D eigenvalue weighted by molar-refractivity contribution is 7.22. The van der Waals surface area contributed by atoms with E-state index in [4.69, 9.17) is 23.2 Å². The maximum atomic E-state index is 13.5. The van der Waals surface area contributed by atoms with Crippen LogP contribution in [0.3, 0.4) is 0 Å². The highest BCUT2D eigenvalue weighted by atomic mass is 35.5. The summed E-state index contributed by atoms with van der Waals surface area (Å²) in [5.41, 5.74) is 1.06. The Balaban J connectivity index is 1.29. The molecule has 0 unspecified atom stereocenters. The zero-order valence-electron chi connectivity index (χ0n) is 19.1. The molecule has 2 aromatic carbocycles. The molecule has 1 aliphatic rings. The number of pyridine rings is 1. The van der Waals surface area contributed by atoms with Crippen LogP contribution in [0.15, 0.2) is 42.5 Å². The van der Waals surface area contributed by atoms with Crippen LogP contribution >= 0.6 is 34.5 Å². The number of carbonyl (C=O) groups is 1. The number of aromatic nitrogens is 2. The minimum Gasteiger partial charge on any atom is -0.371 e. The van der Waals surface area contributed by atoms with Crippen molar-refractivity contribution in [3.63, 3.8) is 0 Å². The number of fused-ring (bicyclic) bond motifs is 2. The normalized spacial score (nSPS) is 18.5. The number of amides is 1. The summed E-state index contributed by atoms with van der Waals surface area (Å²) >= 11 is 13.4. The second kappa shape index (κ2) is 9.68. The Morgan fingerprint density at radius 2 is 1.75 bits per heavy atom. The molecule has 11 heteroatoms. The van der Waals surface area contributed by atoms with Gasteiger partial charge < -0.3 is 10.2 Å². The monoisotopic (exact) mass is 552 g/mol. The molecule has 2 heterocycles. The van der Waals surface area contributed by atoms with E-state index in [0.717, 1.165) is 29.1 Å². The molecule has 1 saturated carbocycles. The van der Waals surface area contributed by atoms with Crippen molar-refractivity contribution < 1.29 is 18.0 Å². The molecular formula is C25H21Cl2F3N4OS. The quantitative estimate of drug-likeness (QED) is 0.287. The largest absolute Gasteiger partial charge is 0.433 e. The molecule has 0 aliphatic heterocycles. The minimum atomic E-state index is -4.56. The van der Waals surface area contributed by atoms with Crippen LogP contribution < -0.4 is 10.2 Å². The van der Waals surface area contributed by atoms with Crippen molar-refractivity contribution in [3.05, 3.63) is 63.2 Å². The van der Waals surface area contributed by atoms with Crippen LogP contribution in [0.2, 0.25) is 9.49 Å². The first kappa shape index (κ1) is 25.0. The number of alkyl halides is 3. The number of benzene rings is 2. The van der Waals surface area contributed by atoms with E-state index >= 15 is 0 Å². The van der Waals surface area contributed by atoms with Crippen LogP contribution in [-0.4, -0.2) is 35.0 Å². The SMILES string of the molecule is CN(c1cc(C(F)(F)F)nc2ccc(Cl)cc12)[C@H]1CC[C@@H](NC(=O)c2ccc3nc(Cl)sc3c2)CC1. The molecule has 1 aliphatic carbocycles. The van der Waals surface area contributed by atoms with Gasteiger partial charge >= 0.3 is 6.18 Å². The van der Waals surface area contributed by atoms with Crippen LogP contribution in [-0.2, 0) is 6.18 Å². The molecule has 36 heavy (non-hydrogen) atoms. The van der Waals surface area contributed by atoms with Gasteiger partial charge in [0.2, 0.25) is 0 Å². The molecule has 5 rings (SSSR count). The van der Waals surface area contributed by atoms with E-state index in [0.29, 0.717) is 39.0 Å². The first-order valence-electron chi connectivity index (χ1n) is 11.4. The average molecular weight is 553 g/mol. The Bertz CT molecular complexity index is 1450. The third kappa shape index (κ3) is 5.10. The summed E-state index contributed by atoms with van der Waals surface area (Å²) in [5.74, 6) is -0.164. The van der Waals surface area contributed by atoms with Crippen LogP contribution in [0.25, 0.3) is 21.1 Å². The lowest BCUT2D eigenvalue weighted by Crippen LogP contribution is -2.43. The van der Waals surface area contributed by atoms with Crippen molar-refractivity contribution in [2.75, 3.05) is 11.9 Å². The Morgan fingerprint density at radius 3 is 2.47 bits per heavy atom. The van der Waals surface area contributed by atoms with E-state index in [1.165, 1.54) is 23.5 Å². The summed E-state index contributed by atoms with van der Waals surface area (Å²) in [4.78, 5) is 22.7. The molecule has 1 fully saturated rings. The minimum absolute atomic E-state index is 0.0134. The Morgan fingerprint density at radius 1 is 1.03 bits per heavy atom. The van der Waals surface area contributed by atoms with Crippen molar-refractivity contribution >= 4 is 67.3 Å². The maximum absolute atomic E-state index is 13.5. The fourth-order valence-corrected chi connectivity index (χ4v) is 5.97. The van der Waals surface area contributed by atoms with Gasteiger partial charge in [-0.1, -0.05) is 23.2 Å². The molecule has 0 spiro atoms. The fourth-order valence-electron chi connectivity index (χ4n) is 4.73. The average Bonchev–Trinajstić information content (AvgIpc) is 3.22. The molecule has 0 atom stereocenters. The number of hydrogen-bond acceptors (Lipinski definition) is 5. The van der Waals surface area contributed by atoms with Gasteiger partial charge in [0.1, 0.15) is 5.69 Å². The predicted octanol–water partition coefficient (Wildman–Crippen LogP) is 7.35. The zero-order chi connectivity index (χ0) is 25.6. The van der Waals surface area contributed by atoms with Gasteiger partial charge in [-0.3, -0.25) is 4.79 Å². The summed E-state index contributed by atoms with van der Waals surface area (Å²) in [6.07, 6.45) is -1.69. The number of nitrogens with one attached hydrogen (secondary N) is 1. The number of nitrogens with zero attached hydrogens (tertiary/aromatic N) is 3. The Labute approximate surface area is 219 Å². The van der Waals surface area contributed by atoms with Crippen LogP contribution in [0.5, 0.6) is 0 Å². The standard InChI is InChI=1S/C25H21Cl2F3N4OS/c1-34(20-12-22(25(28,29)30)32-18-9-3-14(26)11-17(18)20)16-6-4-15(5-7-16)31-23(35)13-2-8-19-21(10-13)36-24(27)33-19/h2-3,8-12,15-16H,4-7H2,1H3,(H,31,35)/t15-,16+. The molecule has 1 amide bonds. The third-order valence-corrected chi connectivity index (χ3v) is 7.98. The predicted molar refractivity (Wildman–Crippen MR) is 138 cm³/mol. The lowest BCUT2D eigenvalue weighted by molar-refractivity contribution is -0.140. The van der Waals surface area contributed by atoms with Gasteiger partial charge in [-0.05, 0) is 68.1 Å². The van der Waals surface area contributed by atoms with E-state index in [9.17, 15) is 18.0 Å². The summed E-state index contributed by atoms with van der Waals surface area (Å²) in [6, 6.07) is 11.1. The summed E-state index contributed by atoms with van der Waals surface area (Å²) in [7, 11) is 1.80. The molecular weight excluding hydrogens is 532 g/mol. The Kier molecular flexibility index (Phi) is 6.74. The molecule has 2 aromatic heterocycles. The lowest BCUT2D eigenvalue weighted by atomic mass is 9.89. The number of thiazole rings is 1. The van der Waals surface area contributed by atoms with Gasteiger partial charge in [-0.15, -0.1) is 11.3 Å². The lowest BCUT2D eigenvalue weighted by Gasteiger charge is -2.37. The zero-order valence-corrected chi connectivity index (χ0v) is 21.4. The van der Waals surface area contributed by atoms with Crippen LogP contribution in [0, 0.1) is 0 Å². The van der Waals surface area contributed by atoms with Gasteiger partial charge in [0, 0.05) is 40.8 Å². The number of hydrogen-bond donors (Lipinski definition) is 1. The van der Waals surface area contributed by atoms with E-state index < -0.39 is 11.9 Å². The molecule has 0 saturated heterocycles. The molecule has 188 valence electrons. The second-order valence-corrected chi connectivity index (χ2v) is 11.0. The highest BCUT2D eigenvalue weighted by Gasteiger charge is 2.35. The number of anilines is 1. The number of carbonyl (C=O) groups excluding carboxylic acids is 1. The highest BCUT2D eigenvalue weighted by Crippen LogP contribution is 2.37. The van der Waals surface area contributed by atoms with E-state index in [2.05, 4.69) is 15.3 Å². The van der Waals surface area contributed by atoms with Crippen molar-refractivity contribution in [3.8, 4) is 0 Å². The van der Waals surface area contributed by atoms with Crippen molar-refractivity contribution in [1.29, 1.82) is 0 Å². The second-order valence-electron chi connectivity index (χ2n) is 8.92. The third-order valence-electron chi connectivity index (χ3n) is 6.62. The van der Waals surface area contributed by atoms with Gasteiger partial charge in [0.15, 0.2) is 4.47 Å². The molecule has 1 N–H and O–H groups in total. The fraction of sp³-hybridized carbons (Fsp3) is 0.320. The van der Waals surface area contributed by atoms with E-state index in [-0.39, 0.29) is 23.5 Å². The summed E-state index contributed by atoms with van der Waals surface area (Å²) < 4.78 is 41.8. The first-order valence-corrected chi connectivity index (χ1v) is 12.9. The van der Waals surface area contributed by atoms with Crippen LogP contribution in [0.1, 0.15) is 41.7 Å². The van der Waals surface area contributed by atoms with Gasteiger partial charge in [-0.2, -0.15) is 13.2 Å². The summed E-state index contributed by atoms with van der Waals surface area (Å²) in [6.45, 7) is 0. The van der Waals surface area contributed by atoms with Crippen LogP contribution in [0.4, 0.5) is 18.9 Å². The van der Waals surface area contributed by atoms with Crippen molar-refractivity contribution in [2.24, 2.45) is 0 Å². The van der Waals surface area contributed by atoms with E-state index in [1.807, 2.05) is 4.90 Å². The Hall–Kier alpha value is -2.62. The maximum Gasteiger partial charge on any atom is 0.433 e. The number of halogens is 5. The van der Waals surface area contributed by atoms with Gasteiger partial charge in [0.25, 0.3) is 5.91 Å². The molecule has 0 bridgehead atoms. The van der Waals surface area contributed by atoms with Crippen molar-refractivity contribution in [2.45, 2.75) is 43.9 Å². The molecule has 0 radical (unpaired) electrons. The van der Waals surface area contributed by atoms with Crippen molar-refractivity contribution in [1.82, 2.24) is 15.3 Å². The smallest absolute Gasteiger partial charge is 0.371 e. The van der Waals surface area contributed by atoms with Gasteiger partial charge in [-0.25, -0.2) is 9.97 Å². The molecule has 5 nitrogen and oxygen atoms in total. The van der Waals surface area contributed by atoms with E-state index in [1.54, 1.807) is 31.3 Å². The van der Waals surface area contributed by atoms with Gasteiger partial charge in [0.05, 0.1) is 15.7 Å². The first-order chi connectivity index (χ1) is 17.1. The topological polar surface area (TPSA) is 58.1 Å². The molecule has 4 aromatic rings. The number of rotatable bonds is 4.